The van der Waals surface area contributed by atoms with E-state index in [1.54, 1.807) is 48.5 Å². The zero-order valence-electron chi connectivity index (χ0n) is 14.9. The summed E-state index contributed by atoms with van der Waals surface area (Å²) >= 11 is 4.07. The van der Waals surface area contributed by atoms with Gasteiger partial charge < -0.3 is 20.2 Å². The quantitative estimate of drug-likeness (QED) is 0.317. The molecule has 0 saturated heterocycles. The summed E-state index contributed by atoms with van der Waals surface area (Å²) in [7, 11) is 0. The number of rotatable bonds is 6. The van der Waals surface area contributed by atoms with Gasteiger partial charge in [-0.15, -0.1) is 17.7 Å². The highest BCUT2D eigenvalue weighted by atomic mass is 32.1. The first-order valence-electron chi connectivity index (χ1n) is 8.46. The zero-order chi connectivity index (χ0) is 20.2. The number of hydrogen-bond acceptors (Lipinski definition) is 9. The summed E-state index contributed by atoms with van der Waals surface area (Å²) in [5.41, 5.74) is 7.57. The van der Waals surface area contributed by atoms with Gasteiger partial charge in [0, 0.05) is 17.3 Å². The van der Waals surface area contributed by atoms with Crippen LogP contribution in [0.5, 0.6) is 11.6 Å². The molecule has 0 fully saturated rings. The lowest BCUT2D eigenvalue weighted by atomic mass is 10.2. The molecule has 0 amide bonds. The molecule has 146 valence electrons. The molecule has 2 aromatic heterocycles. The van der Waals surface area contributed by atoms with Gasteiger partial charge in [0.05, 0.1) is 0 Å². The van der Waals surface area contributed by atoms with Crippen molar-refractivity contribution < 1.29 is 13.5 Å². The van der Waals surface area contributed by atoms with Crippen LogP contribution in [-0.4, -0.2) is 20.2 Å². The highest BCUT2D eigenvalue weighted by Gasteiger charge is 2.10. The second-order valence-electron chi connectivity index (χ2n) is 5.93. The summed E-state index contributed by atoms with van der Waals surface area (Å²) < 4.78 is 24.0. The van der Waals surface area contributed by atoms with Crippen LogP contribution in [0.25, 0.3) is 11.5 Å². The molecular formula is C19H15FN6O2S. The fourth-order valence-corrected chi connectivity index (χ4v) is 2.73. The second kappa shape index (κ2) is 8.15. The number of nitrogens with two attached hydrogens (primary N) is 1. The van der Waals surface area contributed by atoms with Gasteiger partial charge in [0.2, 0.25) is 11.8 Å². The molecule has 0 aliphatic heterocycles. The van der Waals surface area contributed by atoms with Crippen molar-refractivity contribution in [3.8, 4) is 23.1 Å². The number of hydrogen-bond donors (Lipinski definition) is 3. The molecule has 0 aliphatic rings. The average Bonchev–Trinajstić information content (AvgIpc) is 3.16. The van der Waals surface area contributed by atoms with Crippen molar-refractivity contribution in [2.24, 2.45) is 0 Å². The largest absolute Gasteiger partial charge is 0.439 e. The lowest BCUT2D eigenvalue weighted by molar-refractivity contribution is 0.456. The van der Waals surface area contributed by atoms with Crippen molar-refractivity contribution in [1.29, 1.82) is 0 Å². The van der Waals surface area contributed by atoms with Gasteiger partial charge in [-0.25, -0.2) is 9.37 Å². The third kappa shape index (κ3) is 4.61. The topological polar surface area (TPSA) is 112 Å². The Morgan fingerprint density at radius 1 is 1.07 bits per heavy atom. The van der Waals surface area contributed by atoms with Gasteiger partial charge in [0.1, 0.15) is 18.2 Å². The fraction of sp³-hybridized carbons (Fsp3) is 0.0526. The average molecular weight is 410 g/mol. The number of nitrogen functional groups attached to an aromatic ring is 1. The number of anilines is 3. The van der Waals surface area contributed by atoms with E-state index in [0.29, 0.717) is 28.5 Å². The van der Waals surface area contributed by atoms with Crippen molar-refractivity contribution in [3.63, 3.8) is 0 Å². The molecular weight excluding hydrogens is 395 g/mol. The highest BCUT2D eigenvalue weighted by molar-refractivity contribution is 7.80. The van der Waals surface area contributed by atoms with Crippen molar-refractivity contribution in [2.45, 2.75) is 11.8 Å². The third-order valence-corrected chi connectivity index (χ3v) is 3.99. The van der Waals surface area contributed by atoms with Crippen LogP contribution >= 0.6 is 12.6 Å². The van der Waals surface area contributed by atoms with Gasteiger partial charge in [0.25, 0.3) is 0 Å². The predicted molar refractivity (Wildman–Crippen MR) is 108 cm³/mol. The molecule has 0 aliphatic carbocycles. The minimum absolute atomic E-state index is 0.203. The Bertz CT molecular complexity index is 1120. The van der Waals surface area contributed by atoms with Crippen molar-refractivity contribution in [2.75, 3.05) is 11.1 Å². The van der Waals surface area contributed by atoms with Crippen LogP contribution < -0.4 is 15.8 Å². The summed E-state index contributed by atoms with van der Waals surface area (Å²) in [5, 5.41) is 11.2. The van der Waals surface area contributed by atoms with E-state index in [0.717, 1.165) is 0 Å². The Labute approximate surface area is 170 Å². The van der Waals surface area contributed by atoms with E-state index < -0.39 is 6.67 Å². The Balaban J connectivity index is 1.46. The number of alkyl halides is 1. The number of halogens is 1. The fourth-order valence-electron chi connectivity index (χ4n) is 2.51. The molecule has 3 N–H and O–H groups in total. The number of benzene rings is 2. The molecule has 2 aromatic carbocycles. The number of aromatic nitrogens is 4. The van der Waals surface area contributed by atoms with Gasteiger partial charge in [-0.05, 0) is 42.0 Å². The van der Waals surface area contributed by atoms with Crippen LogP contribution in [-0.2, 0) is 6.67 Å². The van der Waals surface area contributed by atoms with E-state index in [1.807, 2.05) is 0 Å². The Morgan fingerprint density at radius 2 is 1.90 bits per heavy atom. The maximum Gasteiger partial charge on any atom is 0.320 e. The van der Waals surface area contributed by atoms with Gasteiger partial charge >= 0.3 is 6.01 Å². The summed E-state index contributed by atoms with van der Waals surface area (Å²) in [5.74, 6) is 1.42. The second-order valence-corrected chi connectivity index (χ2v) is 6.33. The molecule has 4 aromatic rings. The number of thiol groups is 1. The van der Waals surface area contributed by atoms with Crippen LogP contribution in [0.4, 0.5) is 21.9 Å². The van der Waals surface area contributed by atoms with Gasteiger partial charge in [-0.3, -0.25) is 0 Å². The molecule has 0 atom stereocenters. The van der Waals surface area contributed by atoms with Crippen LogP contribution in [0, 0.1) is 0 Å². The van der Waals surface area contributed by atoms with Gasteiger partial charge in [-0.1, -0.05) is 17.2 Å². The molecule has 4 rings (SSSR count). The number of nitrogens with zero attached hydrogens (tertiary/aromatic N) is 4. The van der Waals surface area contributed by atoms with Gasteiger partial charge in [0.15, 0.2) is 5.16 Å². The van der Waals surface area contributed by atoms with Crippen molar-refractivity contribution in [3.05, 3.63) is 60.2 Å². The lowest BCUT2D eigenvalue weighted by Gasteiger charge is -2.06. The van der Waals surface area contributed by atoms with E-state index in [-0.39, 0.29) is 22.9 Å². The van der Waals surface area contributed by atoms with E-state index in [2.05, 4.69) is 38.1 Å². The minimum atomic E-state index is -0.546. The molecule has 8 nitrogen and oxygen atoms in total. The normalized spacial score (nSPS) is 10.7. The third-order valence-electron chi connectivity index (χ3n) is 3.79. The van der Waals surface area contributed by atoms with E-state index in [9.17, 15) is 4.39 Å². The molecule has 29 heavy (non-hydrogen) atoms. The monoisotopic (exact) mass is 410 g/mol. The van der Waals surface area contributed by atoms with E-state index in [4.69, 9.17) is 14.9 Å². The van der Waals surface area contributed by atoms with Crippen molar-refractivity contribution >= 4 is 30.1 Å². The SMILES string of the molecule is Nc1cc(Oc2ccc(-c3nnc(Nc4cccc(CF)c4)o3)cc2)nc(S)n1. The molecule has 0 spiro atoms. The molecule has 10 heteroatoms. The van der Waals surface area contributed by atoms with Crippen LogP contribution in [0.15, 0.2) is 64.2 Å². The minimum Gasteiger partial charge on any atom is -0.439 e. The van der Waals surface area contributed by atoms with E-state index in [1.165, 1.54) is 6.07 Å². The Kier molecular flexibility index (Phi) is 5.25. The van der Waals surface area contributed by atoms with Crippen LogP contribution in [0.1, 0.15) is 5.56 Å². The standard InChI is InChI=1S/C19H15FN6O2S/c20-10-11-2-1-3-13(8-11)22-18-26-25-17(28-18)12-4-6-14(7-5-12)27-16-9-15(21)23-19(29)24-16/h1-9H,10H2,(H,22,26)(H3,21,23,24,29). The van der Waals surface area contributed by atoms with Crippen LogP contribution in [0.3, 0.4) is 0 Å². The highest BCUT2D eigenvalue weighted by Crippen LogP contribution is 2.27. The molecule has 2 heterocycles. The molecule has 0 radical (unpaired) electrons. The predicted octanol–water partition coefficient (Wildman–Crippen LogP) is 4.40. The van der Waals surface area contributed by atoms with E-state index >= 15 is 0 Å². The van der Waals surface area contributed by atoms with Gasteiger partial charge in [-0.2, -0.15) is 4.98 Å². The first kappa shape index (κ1) is 18.7. The summed E-state index contributed by atoms with van der Waals surface area (Å²) in [6, 6.07) is 15.6. The number of ether oxygens (including phenoxy) is 1. The smallest absolute Gasteiger partial charge is 0.320 e. The summed E-state index contributed by atoms with van der Waals surface area (Å²) in [6.07, 6.45) is 0. The first-order valence-corrected chi connectivity index (χ1v) is 8.91. The summed E-state index contributed by atoms with van der Waals surface area (Å²) in [6.45, 7) is -0.546. The maximum atomic E-state index is 12.8. The lowest BCUT2D eigenvalue weighted by Crippen LogP contribution is -1.96. The zero-order valence-corrected chi connectivity index (χ0v) is 15.8. The maximum absolute atomic E-state index is 12.8. The Hall–Kier alpha value is -3.66. The van der Waals surface area contributed by atoms with Crippen LogP contribution in [0.2, 0.25) is 0 Å². The number of nitrogens with one attached hydrogen (secondary N) is 1. The molecule has 0 unspecified atom stereocenters. The summed E-state index contributed by atoms with van der Waals surface area (Å²) in [4.78, 5) is 7.91. The Morgan fingerprint density at radius 3 is 2.66 bits per heavy atom. The molecule has 0 bridgehead atoms. The van der Waals surface area contributed by atoms with Crippen molar-refractivity contribution in [1.82, 2.24) is 20.2 Å². The first-order chi connectivity index (χ1) is 14.1. The molecule has 0 saturated carbocycles.